The fraction of sp³-hybridized carbons (Fsp3) is 0.417. The molecular formula is C24H28N2O5S. The van der Waals surface area contributed by atoms with Crippen molar-refractivity contribution in [3.8, 4) is 0 Å². The van der Waals surface area contributed by atoms with Gasteiger partial charge in [-0.05, 0) is 61.9 Å². The molecule has 1 amide bonds. The lowest BCUT2D eigenvalue weighted by molar-refractivity contribution is -0.137. The molecule has 32 heavy (non-hydrogen) atoms. The smallest absolute Gasteiger partial charge is 0.338 e. The van der Waals surface area contributed by atoms with Gasteiger partial charge in [-0.1, -0.05) is 30.3 Å². The van der Waals surface area contributed by atoms with Crippen LogP contribution in [-0.4, -0.2) is 55.2 Å². The molecule has 0 N–H and O–H groups in total. The van der Waals surface area contributed by atoms with Gasteiger partial charge in [0.15, 0.2) is 6.61 Å². The summed E-state index contributed by atoms with van der Waals surface area (Å²) in [6.07, 6.45) is 3.63. The number of ether oxygens (including phenoxy) is 1. The predicted octanol–water partition coefficient (Wildman–Crippen LogP) is 2.99. The molecule has 2 aromatic rings. The molecule has 0 radical (unpaired) electrons. The Morgan fingerprint density at radius 2 is 1.81 bits per heavy atom. The molecule has 8 heteroatoms. The van der Waals surface area contributed by atoms with E-state index in [9.17, 15) is 18.0 Å². The monoisotopic (exact) mass is 456 g/mol. The topological polar surface area (TPSA) is 84.0 Å². The summed E-state index contributed by atoms with van der Waals surface area (Å²) in [5, 5.41) is 0. The molecule has 2 aliphatic heterocycles. The minimum atomic E-state index is -3.77. The van der Waals surface area contributed by atoms with E-state index in [2.05, 4.69) is 0 Å². The summed E-state index contributed by atoms with van der Waals surface area (Å²) in [6, 6.07) is 13.8. The number of nitrogens with zero attached hydrogens (tertiary/aromatic N) is 2. The Kier molecular flexibility index (Phi) is 6.62. The van der Waals surface area contributed by atoms with Crippen LogP contribution in [0.5, 0.6) is 0 Å². The second kappa shape index (κ2) is 9.42. The molecule has 2 heterocycles. The van der Waals surface area contributed by atoms with E-state index in [0.717, 1.165) is 30.4 Å². The van der Waals surface area contributed by atoms with E-state index in [1.165, 1.54) is 28.6 Å². The van der Waals surface area contributed by atoms with Crippen molar-refractivity contribution >= 4 is 21.9 Å². The van der Waals surface area contributed by atoms with Gasteiger partial charge in [0.2, 0.25) is 10.0 Å². The second-order valence-corrected chi connectivity index (χ2v) is 10.3. The molecular weight excluding hydrogens is 428 g/mol. The largest absolute Gasteiger partial charge is 0.452 e. The highest BCUT2D eigenvalue weighted by Gasteiger charge is 2.29. The van der Waals surface area contributed by atoms with E-state index < -0.39 is 16.0 Å². The van der Waals surface area contributed by atoms with Crippen molar-refractivity contribution in [3.05, 3.63) is 65.2 Å². The van der Waals surface area contributed by atoms with Crippen LogP contribution in [0.1, 0.15) is 47.7 Å². The lowest BCUT2D eigenvalue weighted by Crippen LogP contribution is -2.44. The maximum absolute atomic E-state index is 13.2. The van der Waals surface area contributed by atoms with Gasteiger partial charge < -0.3 is 9.64 Å². The first-order valence-corrected chi connectivity index (χ1v) is 12.4. The Bertz CT molecular complexity index is 1110. The van der Waals surface area contributed by atoms with Crippen LogP contribution >= 0.6 is 0 Å². The summed E-state index contributed by atoms with van der Waals surface area (Å²) >= 11 is 0. The Balaban J connectivity index is 1.43. The normalized spacial score (nSPS) is 19.3. The van der Waals surface area contributed by atoms with Gasteiger partial charge >= 0.3 is 5.97 Å². The third-order valence-electron chi connectivity index (χ3n) is 6.25. The van der Waals surface area contributed by atoms with Gasteiger partial charge in [0.25, 0.3) is 5.91 Å². The number of rotatable bonds is 5. The molecule has 170 valence electrons. The van der Waals surface area contributed by atoms with Crippen molar-refractivity contribution in [2.75, 3.05) is 19.7 Å². The quantitative estimate of drug-likeness (QED) is 0.646. The molecule has 2 aliphatic rings. The Hall–Kier alpha value is -2.71. The number of amides is 1. The van der Waals surface area contributed by atoms with E-state index >= 15 is 0 Å². The molecule has 0 spiro atoms. The number of carbonyl (C=O) groups is 2. The number of likely N-dealkylation sites (tertiary alicyclic amines) is 1. The number of piperidine rings is 1. The Morgan fingerprint density at radius 1 is 1.03 bits per heavy atom. The molecule has 0 aromatic heterocycles. The molecule has 4 rings (SSSR count). The highest BCUT2D eigenvalue weighted by Crippen LogP contribution is 2.25. The van der Waals surface area contributed by atoms with Crippen LogP contribution in [0.25, 0.3) is 0 Å². The average molecular weight is 457 g/mol. The first-order chi connectivity index (χ1) is 15.4. The number of hydrogen-bond acceptors (Lipinski definition) is 5. The molecule has 1 atom stereocenters. The van der Waals surface area contributed by atoms with Crippen LogP contribution in [0.4, 0.5) is 0 Å². The van der Waals surface area contributed by atoms with Crippen LogP contribution in [0.15, 0.2) is 53.4 Å². The minimum Gasteiger partial charge on any atom is -0.452 e. The van der Waals surface area contributed by atoms with Crippen molar-refractivity contribution in [2.24, 2.45) is 0 Å². The van der Waals surface area contributed by atoms with E-state index in [4.69, 9.17) is 4.74 Å². The first-order valence-electron chi connectivity index (χ1n) is 11.0. The molecule has 1 saturated heterocycles. The lowest BCUT2D eigenvalue weighted by atomic mass is 10.0. The molecule has 1 fully saturated rings. The van der Waals surface area contributed by atoms with Gasteiger partial charge in [-0.25, -0.2) is 13.2 Å². The number of sulfonamides is 1. The van der Waals surface area contributed by atoms with Crippen molar-refractivity contribution < 1.29 is 22.7 Å². The maximum Gasteiger partial charge on any atom is 0.338 e. The number of esters is 1. The fourth-order valence-corrected chi connectivity index (χ4v) is 5.84. The molecule has 0 aliphatic carbocycles. The predicted molar refractivity (Wildman–Crippen MR) is 119 cm³/mol. The third-order valence-corrected chi connectivity index (χ3v) is 8.09. The number of carbonyl (C=O) groups excluding carboxylic acids is 2. The summed E-state index contributed by atoms with van der Waals surface area (Å²) < 4.78 is 33.0. The highest BCUT2D eigenvalue weighted by atomic mass is 32.2. The van der Waals surface area contributed by atoms with Gasteiger partial charge in [-0.15, -0.1) is 0 Å². The molecule has 0 bridgehead atoms. The van der Waals surface area contributed by atoms with Gasteiger partial charge in [-0.3, -0.25) is 4.79 Å². The van der Waals surface area contributed by atoms with Gasteiger partial charge in [0.05, 0.1) is 10.5 Å². The summed E-state index contributed by atoms with van der Waals surface area (Å²) in [5.41, 5.74) is 2.26. The molecule has 2 aromatic carbocycles. The number of hydrogen-bond donors (Lipinski definition) is 0. The standard InChI is InChI=1S/C24H28N2O5S/c1-18-7-4-5-13-26(18)23(27)17-31-24(28)20-10-6-11-22(15-20)32(29,30)25-14-12-19-8-2-3-9-21(19)16-25/h2-3,6,8-11,15,18H,4-5,7,12-14,16-17H2,1H3/t18-/m0/s1. The van der Waals surface area contributed by atoms with Crippen molar-refractivity contribution in [2.45, 2.75) is 50.1 Å². The zero-order valence-electron chi connectivity index (χ0n) is 18.2. The Morgan fingerprint density at radius 3 is 2.59 bits per heavy atom. The average Bonchev–Trinajstić information content (AvgIpc) is 2.82. The lowest BCUT2D eigenvalue weighted by Gasteiger charge is -2.33. The van der Waals surface area contributed by atoms with Crippen LogP contribution in [0.3, 0.4) is 0 Å². The Labute approximate surface area is 189 Å². The fourth-order valence-electron chi connectivity index (χ4n) is 4.37. The SMILES string of the molecule is C[C@H]1CCCCN1C(=O)COC(=O)c1cccc(S(=O)(=O)N2CCc3ccccc3C2)c1. The van der Waals surface area contributed by atoms with E-state index in [-0.39, 0.29) is 29.0 Å². The van der Waals surface area contributed by atoms with Gasteiger partial charge in [-0.2, -0.15) is 4.31 Å². The summed E-state index contributed by atoms with van der Waals surface area (Å²) in [6.45, 7) is 3.01. The first kappa shape index (κ1) is 22.5. The van der Waals surface area contributed by atoms with E-state index in [1.54, 1.807) is 4.90 Å². The summed E-state index contributed by atoms with van der Waals surface area (Å²) in [7, 11) is -3.77. The van der Waals surface area contributed by atoms with Crippen LogP contribution < -0.4 is 0 Å². The number of benzene rings is 2. The van der Waals surface area contributed by atoms with Gasteiger partial charge in [0, 0.05) is 25.7 Å². The zero-order chi connectivity index (χ0) is 22.7. The third kappa shape index (κ3) is 4.71. The zero-order valence-corrected chi connectivity index (χ0v) is 19.0. The van der Waals surface area contributed by atoms with Crippen LogP contribution in [-0.2, 0) is 32.5 Å². The maximum atomic E-state index is 13.2. The molecule has 0 unspecified atom stereocenters. The van der Waals surface area contributed by atoms with Crippen LogP contribution in [0, 0.1) is 0 Å². The van der Waals surface area contributed by atoms with E-state index in [1.807, 2.05) is 31.2 Å². The number of fused-ring (bicyclic) bond motifs is 1. The van der Waals surface area contributed by atoms with Crippen molar-refractivity contribution in [1.82, 2.24) is 9.21 Å². The van der Waals surface area contributed by atoms with Crippen molar-refractivity contribution in [1.29, 1.82) is 0 Å². The molecule has 0 saturated carbocycles. The minimum absolute atomic E-state index is 0.0438. The van der Waals surface area contributed by atoms with E-state index in [0.29, 0.717) is 26.1 Å². The summed E-state index contributed by atoms with van der Waals surface area (Å²) in [5.74, 6) is -0.926. The highest BCUT2D eigenvalue weighted by molar-refractivity contribution is 7.89. The second-order valence-electron chi connectivity index (χ2n) is 8.39. The van der Waals surface area contributed by atoms with Gasteiger partial charge in [0.1, 0.15) is 0 Å². The van der Waals surface area contributed by atoms with Crippen LogP contribution in [0.2, 0.25) is 0 Å². The molecule has 7 nitrogen and oxygen atoms in total. The summed E-state index contributed by atoms with van der Waals surface area (Å²) in [4.78, 5) is 26.7. The van der Waals surface area contributed by atoms with Crippen molar-refractivity contribution in [3.63, 3.8) is 0 Å².